The first-order chi connectivity index (χ1) is 13.6. The van der Waals surface area contributed by atoms with E-state index in [1.54, 1.807) is 12.1 Å². The highest BCUT2D eigenvalue weighted by atomic mass is 16.5. The highest BCUT2D eigenvalue weighted by Crippen LogP contribution is 2.25. The third kappa shape index (κ3) is 5.74. The van der Waals surface area contributed by atoms with Crippen molar-refractivity contribution in [3.8, 4) is 5.75 Å². The van der Waals surface area contributed by atoms with Crippen LogP contribution in [-0.4, -0.2) is 24.6 Å². The van der Waals surface area contributed by atoms with Crippen LogP contribution in [0.5, 0.6) is 5.75 Å². The summed E-state index contributed by atoms with van der Waals surface area (Å²) in [5.41, 5.74) is 7.66. The Morgan fingerprint density at radius 3 is 2.54 bits per heavy atom. The second-order valence-corrected chi connectivity index (χ2v) is 6.97. The van der Waals surface area contributed by atoms with Crippen LogP contribution in [0.25, 0.3) is 0 Å². The van der Waals surface area contributed by atoms with Crippen molar-refractivity contribution in [3.63, 3.8) is 0 Å². The van der Waals surface area contributed by atoms with Crippen molar-refractivity contribution in [2.45, 2.75) is 44.8 Å². The van der Waals surface area contributed by atoms with Crippen LogP contribution >= 0.6 is 0 Å². The number of anilines is 1. The largest absolute Gasteiger partial charge is 0.482 e. The molecule has 0 saturated heterocycles. The fraction of sp³-hybridized carbons (Fsp3) is 0.364. The third-order valence-corrected chi connectivity index (χ3v) is 4.77. The third-order valence-electron chi connectivity index (χ3n) is 4.77. The molecule has 1 aliphatic rings. The van der Waals surface area contributed by atoms with Crippen LogP contribution in [0.1, 0.15) is 48.0 Å². The standard InChI is InChI=1S/C22H26N2O4/c23-19-12-11-17(22(26)28-18-9-5-2-6-10-18)13-20(19)27-15-21(25)24-14-16-7-3-1-4-8-16/h1,3-4,7-8,11-13,18H,2,5-6,9-10,14-15,23H2,(H,24,25). The first-order valence-electron chi connectivity index (χ1n) is 9.66. The maximum Gasteiger partial charge on any atom is 0.338 e. The average molecular weight is 382 g/mol. The minimum Gasteiger partial charge on any atom is -0.482 e. The summed E-state index contributed by atoms with van der Waals surface area (Å²) >= 11 is 0. The van der Waals surface area contributed by atoms with Crippen LogP contribution in [0.3, 0.4) is 0 Å². The molecule has 28 heavy (non-hydrogen) atoms. The van der Waals surface area contributed by atoms with E-state index in [2.05, 4.69) is 5.32 Å². The van der Waals surface area contributed by atoms with Crippen LogP contribution in [0, 0.1) is 0 Å². The lowest BCUT2D eigenvalue weighted by molar-refractivity contribution is -0.123. The molecule has 1 saturated carbocycles. The van der Waals surface area contributed by atoms with E-state index in [1.165, 1.54) is 12.5 Å². The number of hydrogen-bond donors (Lipinski definition) is 2. The number of amides is 1. The van der Waals surface area contributed by atoms with Gasteiger partial charge in [-0.15, -0.1) is 0 Å². The zero-order valence-electron chi connectivity index (χ0n) is 15.9. The van der Waals surface area contributed by atoms with Crippen LogP contribution in [0.15, 0.2) is 48.5 Å². The summed E-state index contributed by atoms with van der Waals surface area (Å²) in [5.74, 6) is -0.350. The summed E-state index contributed by atoms with van der Waals surface area (Å²) in [4.78, 5) is 24.4. The van der Waals surface area contributed by atoms with Crippen LogP contribution < -0.4 is 15.8 Å². The van der Waals surface area contributed by atoms with Gasteiger partial charge < -0.3 is 20.5 Å². The molecule has 0 atom stereocenters. The van der Waals surface area contributed by atoms with Gasteiger partial charge in [-0.25, -0.2) is 4.79 Å². The lowest BCUT2D eigenvalue weighted by atomic mass is 9.98. The molecule has 3 N–H and O–H groups in total. The molecule has 0 radical (unpaired) electrons. The summed E-state index contributed by atoms with van der Waals surface area (Å²) < 4.78 is 11.1. The topological polar surface area (TPSA) is 90.7 Å². The predicted molar refractivity (Wildman–Crippen MR) is 107 cm³/mol. The van der Waals surface area contributed by atoms with Crippen molar-refractivity contribution in [1.29, 1.82) is 0 Å². The van der Waals surface area contributed by atoms with Gasteiger partial charge in [0.15, 0.2) is 6.61 Å². The van der Waals surface area contributed by atoms with Crippen molar-refractivity contribution < 1.29 is 19.1 Å². The molecular formula is C22H26N2O4. The maximum atomic E-state index is 12.4. The second-order valence-electron chi connectivity index (χ2n) is 6.97. The van der Waals surface area contributed by atoms with Crippen molar-refractivity contribution >= 4 is 17.6 Å². The fourth-order valence-corrected chi connectivity index (χ4v) is 3.18. The van der Waals surface area contributed by atoms with E-state index in [-0.39, 0.29) is 24.6 Å². The number of carbonyl (C=O) groups is 2. The van der Waals surface area contributed by atoms with Gasteiger partial charge in [-0.05, 0) is 49.4 Å². The molecular weight excluding hydrogens is 356 g/mol. The predicted octanol–water partition coefficient (Wildman–Crippen LogP) is 3.45. The Hall–Kier alpha value is -3.02. The number of ether oxygens (including phenoxy) is 2. The normalized spacial score (nSPS) is 14.3. The first-order valence-corrected chi connectivity index (χ1v) is 9.66. The van der Waals surface area contributed by atoms with Gasteiger partial charge >= 0.3 is 5.97 Å². The molecule has 2 aromatic rings. The molecule has 2 aromatic carbocycles. The molecule has 0 heterocycles. The summed E-state index contributed by atoms with van der Waals surface area (Å²) in [7, 11) is 0. The number of nitrogen functional groups attached to an aromatic ring is 1. The summed E-state index contributed by atoms with van der Waals surface area (Å²) in [6.07, 6.45) is 5.17. The molecule has 3 rings (SSSR count). The van der Waals surface area contributed by atoms with E-state index in [1.807, 2.05) is 30.3 Å². The van der Waals surface area contributed by atoms with Crippen LogP contribution in [0.2, 0.25) is 0 Å². The molecule has 1 amide bonds. The van der Waals surface area contributed by atoms with E-state index < -0.39 is 0 Å². The van der Waals surface area contributed by atoms with E-state index in [0.29, 0.717) is 23.5 Å². The van der Waals surface area contributed by atoms with E-state index in [0.717, 1.165) is 31.2 Å². The number of rotatable bonds is 7. The van der Waals surface area contributed by atoms with Gasteiger partial charge in [0.05, 0.1) is 11.3 Å². The first kappa shape index (κ1) is 19.7. The van der Waals surface area contributed by atoms with Gasteiger partial charge in [0.1, 0.15) is 11.9 Å². The van der Waals surface area contributed by atoms with Crippen LogP contribution in [0.4, 0.5) is 5.69 Å². The Balaban J connectivity index is 1.52. The highest BCUT2D eigenvalue weighted by molar-refractivity contribution is 5.91. The number of hydrogen-bond acceptors (Lipinski definition) is 5. The molecule has 6 nitrogen and oxygen atoms in total. The number of nitrogens with two attached hydrogens (primary N) is 1. The fourth-order valence-electron chi connectivity index (χ4n) is 3.18. The molecule has 148 valence electrons. The Morgan fingerprint density at radius 1 is 1.04 bits per heavy atom. The van der Waals surface area contributed by atoms with Gasteiger partial charge in [-0.2, -0.15) is 0 Å². The van der Waals surface area contributed by atoms with Crippen molar-refractivity contribution in [2.24, 2.45) is 0 Å². The summed E-state index contributed by atoms with van der Waals surface area (Å²) in [6.45, 7) is 0.241. The van der Waals surface area contributed by atoms with Gasteiger partial charge in [0, 0.05) is 6.54 Å². The second kappa shape index (κ2) is 9.78. The Bertz CT molecular complexity index is 801. The number of nitrogens with one attached hydrogen (secondary N) is 1. The van der Waals surface area contributed by atoms with Crippen molar-refractivity contribution in [3.05, 3.63) is 59.7 Å². The number of benzene rings is 2. The summed E-state index contributed by atoms with van der Waals surface area (Å²) in [5, 5.41) is 2.78. The van der Waals surface area contributed by atoms with E-state index >= 15 is 0 Å². The smallest absolute Gasteiger partial charge is 0.338 e. The zero-order valence-corrected chi connectivity index (χ0v) is 15.9. The molecule has 0 spiro atoms. The number of carbonyl (C=O) groups excluding carboxylic acids is 2. The Kier molecular flexibility index (Phi) is 6.89. The lowest BCUT2D eigenvalue weighted by Gasteiger charge is -2.22. The van der Waals surface area contributed by atoms with E-state index in [4.69, 9.17) is 15.2 Å². The molecule has 1 aliphatic carbocycles. The Morgan fingerprint density at radius 2 is 1.79 bits per heavy atom. The maximum absolute atomic E-state index is 12.4. The quantitative estimate of drug-likeness (QED) is 0.565. The van der Waals surface area contributed by atoms with Crippen molar-refractivity contribution in [1.82, 2.24) is 5.32 Å². The minimum absolute atomic E-state index is 0.0214. The Labute approximate surface area is 165 Å². The molecule has 0 unspecified atom stereocenters. The van der Waals surface area contributed by atoms with Gasteiger partial charge in [0.2, 0.25) is 0 Å². The highest BCUT2D eigenvalue weighted by Gasteiger charge is 2.19. The SMILES string of the molecule is Nc1ccc(C(=O)OC2CCCCC2)cc1OCC(=O)NCc1ccccc1. The number of esters is 1. The lowest BCUT2D eigenvalue weighted by Crippen LogP contribution is -2.28. The van der Waals surface area contributed by atoms with Gasteiger partial charge in [0.25, 0.3) is 5.91 Å². The monoisotopic (exact) mass is 382 g/mol. The molecule has 0 aliphatic heterocycles. The molecule has 0 bridgehead atoms. The van der Waals surface area contributed by atoms with Gasteiger partial charge in [-0.1, -0.05) is 36.8 Å². The molecule has 0 aromatic heterocycles. The molecule has 1 fully saturated rings. The summed E-state index contributed by atoms with van der Waals surface area (Å²) in [6, 6.07) is 14.3. The van der Waals surface area contributed by atoms with Crippen molar-refractivity contribution in [2.75, 3.05) is 12.3 Å². The van der Waals surface area contributed by atoms with Gasteiger partial charge in [-0.3, -0.25) is 4.79 Å². The van der Waals surface area contributed by atoms with E-state index in [9.17, 15) is 9.59 Å². The average Bonchev–Trinajstić information content (AvgIpc) is 2.73. The zero-order chi connectivity index (χ0) is 19.8. The van der Waals surface area contributed by atoms with Crippen LogP contribution in [-0.2, 0) is 16.1 Å². The molecule has 6 heteroatoms. The minimum atomic E-state index is -0.384.